The number of likely N-dealkylation sites (N-methyl/N-ethyl adjacent to an activating group) is 1. The fraction of sp³-hybridized carbons (Fsp3) is 0.333. The molecule has 0 bridgehead atoms. The molecule has 2 aromatic rings. The monoisotopic (exact) mass is 680 g/mol. The number of Topliss-reactive ketones (excluding diaryl/α,β-unsaturated/α-hetero) is 2. The van der Waals surface area contributed by atoms with E-state index < -0.39 is 116 Å². The number of halogens is 4. The number of amides is 3. The summed E-state index contributed by atoms with van der Waals surface area (Å²) in [6.45, 7) is 1.51. The number of fused-ring (bicyclic) bond motifs is 3. The highest BCUT2D eigenvalue weighted by atomic mass is 35.5. The van der Waals surface area contributed by atoms with Crippen molar-refractivity contribution in [3.8, 4) is 5.75 Å². The molecule has 0 spiro atoms. The molecule has 47 heavy (non-hydrogen) atoms. The van der Waals surface area contributed by atoms with Gasteiger partial charge >= 0.3 is 12.2 Å². The lowest BCUT2D eigenvalue weighted by Gasteiger charge is -2.53. The lowest BCUT2D eigenvalue weighted by molar-refractivity contribution is -0.169. The number of nitrogens with two attached hydrogens (primary N) is 1. The van der Waals surface area contributed by atoms with Crippen LogP contribution >= 0.6 is 11.6 Å². The number of hydrogen-bond donors (Lipinski definition) is 8. The van der Waals surface area contributed by atoms with Crippen LogP contribution in [0.1, 0.15) is 29.5 Å². The van der Waals surface area contributed by atoms with E-state index in [0.29, 0.717) is 6.07 Å². The number of carbonyl (C=O) groups excluding carboxylic acids is 4. The van der Waals surface area contributed by atoms with Gasteiger partial charge in [-0.15, -0.1) is 0 Å². The Bertz CT molecular complexity index is 1830. The average molecular weight is 681 g/mol. The highest BCUT2D eigenvalue weighted by Gasteiger charge is 2.68. The molecule has 0 heterocycles. The first kappa shape index (κ1) is 33.7. The van der Waals surface area contributed by atoms with Gasteiger partial charge in [0.05, 0.1) is 40.6 Å². The highest BCUT2D eigenvalue weighted by Crippen LogP contribution is 2.56. The zero-order chi connectivity index (χ0) is 35.1. The van der Waals surface area contributed by atoms with Gasteiger partial charge in [0.25, 0.3) is 5.91 Å². The first-order valence-electron chi connectivity index (χ1n) is 13.9. The van der Waals surface area contributed by atoms with Crippen molar-refractivity contribution in [2.24, 2.45) is 17.6 Å². The van der Waals surface area contributed by atoms with Crippen LogP contribution in [0.3, 0.4) is 0 Å². The van der Waals surface area contributed by atoms with Crippen LogP contribution < -0.4 is 16.4 Å². The SMILES string of the molecule is C[C@H]1c2ccc(NC(=O)Nc3ccc(Cl)cc3C(F)(F)F)c(O)c2C(O)=C2C(=O)[C@]3(O)C(O)=C(C(N)=O)C(=O)[C@@H](N(C)C)C3C(O)C21. The van der Waals surface area contributed by atoms with E-state index in [2.05, 4.69) is 5.32 Å². The molecule has 1 fully saturated rings. The second kappa shape index (κ2) is 11.3. The van der Waals surface area contributed by atoms with Crippen LogP contribution in [0.25, 0.3) is 5.76 Å². The number of hydrogen-bond acceptors (Lipinski definition) is 10. The lowest BCUT2D eigenvalue weighted by Crippen LogP contribution is -2.70. The van der Waals surface area contributed by atoms with Crippen molar-refractivity contribution in [1.29, 1.82) is 0 Å². The van der Waals surface area contributed by atoms with Crippen LogP contribution in [0.2, 0.25) is 5.02 Å². The molecule has 13 nitrogen and oxygen atoms in total. The fourth-order valence-electron chi connectivity index (χ4n) is 6.85. The molecule has 9 N–H and O–H groups in total. The van der Waals surface area contributed by atoms with Gasteiger partial charge in [-0.1, -0.05) is 24.6 Å². The molecule has 5 rings (SSSR count). The van der Waals surface area contributed by atoms with Gasteiger partial charge in [-0.2, -0.15) is 13.2 Å². The fourth-order valence-corrected chi connectivity index (χ4v) is 7.03. The zero-order valence-electron chi connectivity index (χ0n) is 24.7. The molecule has 0 radical (unpaired) electrons. The summed E-state index contributed by atoms with van der Waals surface area (Å²) in [7, 11) is 2.76. The van der Waals surface area contributed by atoms with E-state index in [9.17, 15) is 57.9 Å². The number of aromatic hydroxyl groups is 1. The topological polar surface area (TPSA) is 223 Å². The van der Waals surface area contributed by atoms with Crippen molar-refractivity contribution in [2.75, 3.05) is 24.7 Å². The third kappa shape index (κ3) is 4.99. The summed E-state index contributed by atoms with van der Waals surface area (Å²) in [5, 5.41) is 60.9. The van der Waals surface area contributed by atoms with Gasteiger partial charge < -0.3 is 41.9 Å². The number of phenolic OH excluding ortho intramolecular Hbond substituents is 1. The predicted octanol–water partition coefficient (Wildman–Crippen LogP) is 2.81. The van der Waals surface area contributed by atoms with Gasteiger partial charge in [0.1, 0.15) is 22.8 Å². The zero-order valence-corrected chi connectivity index (χ0v) is 25.4. The van der Waals surface area contributed by atoms with Crippen molar-refractivity contribution in [2.45, 2.75) is 36.8 Å². The number of rotatable bonds is 4. The van der Waals surface area contributed by atoms with Gasteiger partial charge in [0.15, 0.2) is 11.4 Å². The number of nitrogens with zero attached hydrogens (tertiary/aromatic N) is 1. The minimum absolute atomic E-state index is 0.148. The minimum Gasteiger partial charge on any atom is -0.508 e. The summed E-state index contributed by atoms with van der Waals surface area (Å²) in [6, 6.07) is 2.36. The molecular weight excluding hydrogens is 653 g/mol. The number of aliphatic hydroxyl groups is 4. The van der Waals surface area contributed by atoms with Crippen molar-refractivity contribution in [3.05, 3.63) is 69.0 Å². The first-order valence-corrected chi connectivity index (χ1v) is 14.3. The number of anilines is 2. The third-order valence-corrected chi connectivity index (χ3v) is 9.15. The molecule has 6 atom stereocenters. The lowest BCUT2D eigenvalue weighted by atomic mass is 9.54. The Morgan fingerprint density at radius 2 is 1.64 bits per heavy atom. The van der Waals surface area contributed by atoms with Crippen LogP contribution in [0.15, 0.2) is 47.2 Å². The Balaban J connectivity index is 1.60. The Morgan fingerprint density at radius 3 is 2.21 bits per heavy atom. The number of aliphatic hydroxyl groups excluding tert-OH is 3. The standard InChI is InChI=1S/C30H28ClF3N4O9/c1-9-11-5-7-14(37-28(46)36-13-6-4-10(31)8-12(13)30(32,33)34)21(39)16(11)22(40)17-15(9)23(41)19-20(38(2)3)24(42)18(27(35)45)26(44)29(19,47)25(17)43/h4-9,15,19-20,23,39-41,44,47H,1-3H3,(H2,35,45)(H2,36,37,46)/t9-,15?,19?,20-,23?,29-/m0/s1. The molecule has 2 aromatic carbocycles. The molecular formula is C30H28ClF3N4O9. The summed E-state index contributed by atoms with van der Waals surface area (Å²) in [5.74, 6) is -11.1. The summed E-state index contributed by atoms with van der Waals surface area (Å²) >= 11 is 5.67. The molecule has 0 aliphatic heterocycles. The third-order valence-electron chi connectivity index (χ3n) is 8.91. The molecule has 0 saturated heterocycles. The van der Waals surface area contributed by atoms with Gasteiger partial charge in [-0.25, -0.2) is 4.79 Å². The largest absolute Gasteiger partial charge is 0.508 e. The molecule has 250 valence electrons. The van der Waals surface area contributed by atoms with E-state index in [-0.39, 0.29) is 10.6 Å². The van der Waals surface area contributed by atoms with E-state index in [1.165, 1.54) is 38.1 Å². The van der Waals surface area contributed by atoms with Crippen molar-refractivity contribution < 1.29 is 57.9 Å². The van der Waals surface area contributed by atoms with E-state index in [0.717, 1.165) is 12.1 Å². The van der Waals surface area contributed by atoms with Crippen LogP contribution in [0, 0.1) is 11.8 Å². The van der Waals surface area contributed by atoms with Crippen molar-refractivity contribution in [3.63, 3.8) is 0 Å². The summed E-state index contributed by atoms with van der Waals surface area (Å²) in [5.41, 5.74) is -2.16. The number of nitrogens with one attached hydrogen (secondary N) is 2. The van der Waals surface area contributed by atoms with Crippen molar-refractivity contribution >= 4 is 52.2 Å². The molecule has 3 aliphatic rings. The molecule has 3 amide bonds. The van der Waals surface area contributed by atoms with Gasteiger partial charge in [-0.3, -0.25) is 19.3 Å². The van der Waals surface area contributed by atoms with E-state index in [1.807, 2.05) is 5.32 Å². The molecule has 1 saturated carbocycles. The molecule has 17 heteroatoms. The van der Waals surface area contributed by atoms with Crippen LogP contribution in [0.4, 0.5) is 29.3 Å². The Morgan fingerprint density at radius 1 is 1.04 bits per heavy atom. The second-order valence-corrected chi connectivity index (χ2v) is 12.2. The van der Waals surface area contributed by atoms with E-state index in [1.54, 1.807) is 0 Å². The highest BCUT2D eigenvalue weighted by molar-refractivity contribution is 6.30. The van der Waals surface area contributed by atoms with Crippen LogP contribution in [0.5, 0.6) is 5.75 Å². The summed E-state index contributed by atoms with van der Waals surface area (Å²) in [4.78, 5) is 53.5. The van der Waals surface area contributed by atoms with E-state index in [4.69, 9.17) is 17.3 Å². The van der Waals surface area contributed by atoms with Crippen LogP contribution in [-0.2, 0) is 20.6 Å². The molecule has 0 aromatic heterocycles. The number of primary amides is 1. The summed E-state index contributed by atoms with van der Waals surface area (Å²) < 4.78 is 40.5. The number of phenols is 1. The van der Waals surface area contributed by atoms with Crippen LogP contribution in [-0.4, -0.2) is 85.8 Å². The second-order valence-electron chi connectivity index (χ2n) is 11.7. The first-order chi connectivity index (χ1) is 21.7. The number of alkyl halides is 3. The van der Waals surface area contributed by atoms with E-state index >= 15 is 0 Å². The van der Waals surface area contributed by atoms with Crippen molar-refractivity contribution in [1.82, 2.24) is 4.90 Å². The maximum Gasteiger partial charge on any atom is 0.418 e. The quantitative estimate of drug-likeness (QED) is 0.174. The number of benzene rings is 2. The maximum absolute atomic E-state index is 14.1. The smallest absolute Gasteiger partial charge is 0.418 e. The number of ketones is 2. The van der Waals surface area contributed by atoms with Gasteiger partial charge in [0, 0.05) is 16.5 Å². The Labute approximate surface area is 268 Å². The molecule has 3 aliphatic carbocycles. The average Bonchev–Trinajstić information content (AvgIpc) is 2.96. The predicted molar refractivity (Wildman–Crippen MR) is 159 cm³/mol. The Hall–Kier alpha value is -4.64. The summed E-state index contributed by atoms with van der Waals surface area (Å²) in [6.07, 6.45) is -6.69. The minimum atomic E-state index is -4.88. The number of urea groups is 1. The molecule has 3 unspecified atom stereocenters. The van der Waals surface area contributed by atoms with Gasteiger partial charge in [-0.05, 0) is 49.8 Å². The Kier molecular flexibility index (Phi) is 8.08. The van der Waals surface area contributed by atoms with Gasteiger partial charge in [0.2, 0.25) is 5.78 Å². The number of carbonyl (C=O) groups is 4. The maximum atomic E-state index is 14.1. The normalized spacial score (nSPS) is 27.3.